The summed E-state index contributed by atoms with van der Waals surface area (Å²) in [4.78, 5) is 24.5. The second kappa shape index (κ2) is 17.7. The predicted octanol–water partition coefficient (Wildman–Crippen LogP) is 6.17. The molecule has 1 aliphatic heterocycles. The molecule has 1 N–H and O–H groups in total. The van der Waals surface area contributed by atoms with Crippen molar-refractivity contribution in [3.05, 3.63) is 0 Å². The van der Waals surface area contributed by atoms with Crippen LogP contribution in [-0.2, 0) is 23.8 Å². The maximum Gasteiger partial charge on any atom is 0.306 e. The van der Waals surface area contributed by atoms with Crippen LogP contribution >= 0.6 is 7.26 Å². The molecule has 0 aromatic rings. The van der Waals surface area contributed by atoms with E-state index >= 15 is 0 Å². The minimum absolute atomic E-state index is 0.0443. The fourth-order valence-corrected chi connectivity index (χ4v) is 9.84. The Labute approximate surface area is 210 Å². The molecule has 1 saturated heterocycles. The first-order valence-corrected chi connectivity index (χ1v) is 16.4. The molecule has 0 aliphatic carbocycles. The summed E-state index contributed by atoms with van der Waals surface area (Å²) in [6, 6.07) is 0. The van der Waals surface area contributed by atoms with Gasteiger partial charge in [-0.05, 0) is 39.5 Å². The molecular formula is C27H53NO5P+. The van der Waals surface area contributed by atoms with Crippen molar-refractivity contribution in [2.45, 2.75) is 117 Å². The second-order valence-electron chi connectivity index (χ2n) is 10.1. The average molecular weight is 503 g/mol. The van der Waals surface area contributed by atoms with Crippen LogP contribution in [0.2, 0.25) is 0 Å². The third kappa shape index (κ3) is 12.8. The summed E-state index contributed by atoms with van der Waals surface area (Å²) < 4.78 is 16.9. The summed E-state index contributed by atoms with van der Waals surface area (Å²) in [5, 5.41) is 3.13. The fraction of sp³-hybridized carbons (Fsp3) is 0.926. The van der Waals surface area contributed by atoms with E-state index in [1.807, 2.05) is 13.8 Å². The van der Waals surface area contributed by atoms with E-state index in [1.54, 1.807) is 0 Å². The van der Waals surface area contributed by atoms with Crippen LogP contribution in [0.5, 0.6) is 0 Å². The summed E-state index contributed by atoms with van der Waals surface area (Å²) in [5.41, 5.74) is 0. The van der Waals surface area contributed by atoms with Gasteiger partial charge in [0.2, 0.25) is 5.91 Å². The number of esters is 1. The van der Waals surface area contributed by atoms with Crippen LogP contribution in [0.3, 0.4) is 0 Å². The molecule has 200 valence electrons. The van der Waals surface area contributed by atoms with E-state index in [9.17, 15) is 9.59 Å². The first kappa shape index (κ1) is 31.3. The van der Waals surface area contributed by atoms with Gasteiger partial charge in [0, 0.05) is 33.1 Å². The zero-order chi connectivity index (χ0) is 25.3. The Morgan fingerprint density at radius 3 is 1.85 bits per heavy atom. The molecule has 0 atom stereocenters. The highest BCUT2D eigenvalue weighted by Crippen LogP contribution is 2.61. The summed E-state index contributed by atoms with van der Waals surface area (Å²) in [7, 11) is -0.913. The molecule has 1 fully saturated rings. The molecule has 0 unspecified atom stereocenters. The molecule has 0 aromatic carbocycles. The molecule has 6 nitrogen and oxygen atoms in total. The summed E-state index contributed by atoms with van der Waals surface area (Å²) in [6.45, 7) is 12.3. The SMILES string of the molecule is CCCC[P+](CCCC)(CCCC)CCCNC(=O)CCC1(CCC(=O)OC(C)C)OCCO1. The largest absolute Gasteiger partial charge is 0.463 e. The van der Waals surface area contributed by atoms with Gasteiger partial charge in [-0.1, -0.05) is 40.0 Å². The molecule has 1 rings (SSSR count). The Morgan fingerprint density at radius 1 is 0.853 bits per heavy atom. The van der Waals surface area contributed by atoms with Crippen LogP contribution in [-0.4, -0.2) is 68.2 Å². The van der Waals surface area contributed by atoms with Crippen molar-refractivity contribution in [2.75, 3.05) is 44.4 Å². The minimum atomic E-state index is -0.913. The summed E-state index contributed by atoms with van der Waals surface area (Å²) >= 11 is 0. The van der Waals surface area contributed by atoms with Gasteiger partial charge in [-0.15, -0.1) is 0 Å². The van der Waals surface area contributed by atoms with E-state index in [0.717, 1.165) is 13.0 Å². The number of carbonyl (C=O) groups is 2. The third-order valence-electron chi connectivity index (χ3n) is 6.71. The van der Waals surface area contributed by atoms with Gasteiger partial charge in [0.15, 0.2) is 5.79 Å². The molecule has 0 bridgehead atoms. The molecule has 0 saturated carbocycles. The molecule has 0 spiro atoms. The van der Waals surface area contributed by atoms with Gasteiger partial charge in [0.1, 0.15) is 0 Å². The Morgan fingerprint density at radius 2 is 1.35 bits per heavy atom. The molecule has 7 heteroatoms. The van der Waals surface area contributed by atoms with Gasteiger partial charge in [-0.2, -0.15) is 0 Å². The average Bonchev–Trinajstić information content (AvgIpc) is 3.28. The lowest BCUT2D eigenvalue weighted by Crippen LogP contribution is -2.34. The maximum atomic E-state index is 12.6. The van der Waals surface area contributed by atoms with E-state index in [0.29, 0.717) is 32.5 Å². The van der Waals surface area contributed by atoms with Crippen LogP contribution in [0, 0.1) is 0 Å². The third-order valence-corrected chi connectivity index (χ3v) is 11.8. The number of ether oxygens (including phenoxy) is 3. The number of hydrogen-bond acceptors (Lipinski definition) is 5. The Hall–Kier alpha value is -0.710. The molecule has 1 aliphatic rings. The lowest BCUT2D eigenvalue weighted by atomic mass is 10.0. The number of nitrogens with one attached hydrogen (secondary N) is 1. The fourth-order valence-electron chi connectivity index (χ4n) is 4.71. The molecule has 0 aromatic heterocycles. The van der Waals surface area contributed by atoms with Crippen LogP contribution in [0.25, 0.3) is 0 Å². The van der Waals surface area contributed by atoms with Crippen molar-refractivity contribution in [2.24, 2.45) is 0 Å². The minimum Gasteiger partial charge on any atom is -0.463 e. The summed E-state index contributed by atoms with van der Waals surface area (Å²) in [6.07, 6.45) is 15.9. The van der Waals surface area contributed by atoms with Gasteiger partial charge in [-0.3, -0.25) is 9.59 Å². The zero-order valence-corrected chi connectivity index (χ0v) is 23.7. The van der Waals surface area contributed by atoms with Gasteiger partial charge in [0.05, 0.1) is 50.4 Å². The van der Waals surface area contributed by atoms with E-state index in [4.69, 9.17) is 14.2 Å². The van der Waals surface area contributed by atoms with Crippen molar-refractivity contribution in [1.29, 1.82) is 0 Å². The van der Waals surface area contributed by atoms with Gasteiger partial charge < -0.3 is 19.5 Å². The van der Waals surface area contributed by atoms with Crippen LogP contribution in [0.1, 0.15) is 105 Å². The lowest BCUT2D eigenvalue weighted by molar-refractivity contribution is -0.177. The van der Waals surface area contributed by atoms with Crippen molar-refractivity contribution in [3.8, 4) is 0 Å². The van der Waals surface area contributed by atoms with Crippen molar-refractivity contribution in [3.63, 3.8) is 0 Å². The standard InChI is InChI=1S/C27H52NO5P/c1-6-9-20-34(21-10-7-2,22-11-8-3)23-12-17-28-25(29)13-15-27(31-18-19-32-27)16-14-26(30)33-24(4)5/h24H,6-23H2,1-5H3/p+1. The molecular weight excluding hydrogens is 449 g/mol. The van der Waals surface area contributed by atoms with Crippen molar-refractivity contribution in [1.82, 2.24) is 5.32 Å². The summed E-state index contributed by atoms with van der Waals surface area (Å²) in [5.74, 6) is -1.05. The van der Waals surface area contributed by atoms with Gasteiger partial charge >= 0.3 is 5.97 Å². The monoisotopic (exact) mass is 502 g/mol. The lowest BCUT2D eigenvalue weighted by Gasteiger charge is -2.28. The van der Waals surface area contributed by atoms with Crippen LogP contribution in [0.15, 0.2) is 0 Å². The topological polar surface area (TPSA) is 73.9 Å². The van der Waals surface area contributed by atoms with Gasteiger partial charge in [0.25, 0.3) is 0 Å². The highest BCUT2D eigenvalue weighted by Gasteiger charge is 2.38. The quantitative estimate of drug-likeness (QED) is 0.122. The smallest absolute Gasteiger partial charge is 0.306 e. The van der Waals surface area contributed by atoms with E-state index in [-0.39, 0.29) is 24.4 Å². The maximum absolute atomic E-state index is 12.6. The Balaban J connectivity index is 2.47. The number of amides is 1. The second-order valence-corrected chi connectivity index (χ2v) is 14.6. The first-order valence-electron chi connectivity index (χ1n) is 13.9. The number of hydrogen-bond donors (Lipinski definition) is 1. The molecule has 0 radical (unpaired) electrons. The van der Waals surface area contributed by atoms with E-state index in [2.05, 4.69) is 26.1 Å². The molecule has 1 heterocycles. The Kier molecular flexibility index (Phi) is 16.3. The molecule has 34 heavy (non-hydrogen) atoms. The predicted molar refractivity (Wildman–Crippen MR) is 143 cm³/mol. The first-order chi connectivity index (χ1) is 16.3. The van der Waals surface area contributed by atoms with Crippen molar-refractivity contribution < 1.29 is 23.8 Å². The highest BCUT2D eigenvalue weighted by molar-refractivity contribution is 7.75. The normalized spacial score (nSPS) is 15.6. The van der Waals surface area contributed by atoms with E-state index in [1.165, 1.54) is 63.2 Å². The van der Waals surface area contributed by atoms with Gasteiger partial charge in [-0.25, -0.2) is 0 Å². The molecule has 1 amide bonds. The highest BCUT2D eigenvalue weighted by atomic mass is 31.2. The number of unbranched alkanes of at least 4 members (excludes halogenated alkanes) is 3. The van der Waals surface area contributed by atoms with Crippen LogP contribution < -0.4 is 5.32 Å². The van der Waals surface area contributed by atoms with Crippen LogP contribution in [0.4, 0.5) is 0 Å². The van der Waals surface area contributed by atoms with Crippen molar-refractivity contribution >= 4 is 19.1 Å². The number of rotatable bonds is 20. The number of carbonyl (C=O) groups excluding carboxylic acids is 2. The zero-order valence-electron chi connectivity index (χ0n) is 22.8. The Bertz CT molecular complexity index is 541. The van der Waals surface area contributed by atoms with E-state index < -0.39 is 13.0 Å².